The first-order valence-corrected chi connectivity index (χ1v) is 10.8. The van der Waals surface area contributed by atoms with Gasteiger partial charge in [0.05, 0.1) is 18.6 Å². The monoisotopic (exact) mass is 411 g/mol. The van der Waals surface area contributed by atoms with Crippen LogP contribution in [0.2, 0.25) is 0 Å². The van der Waals surface area contributed by atoms with Gasteiger partial charge in [0, 0.05) is 31.2 Å². The average molecular weight is 412 g/mol. The number of ether oxygens (including phenoxy) is 1. The summed E-state index contributed by atoms with van der Waals surface area (Å²) < 4.78 is 5.88. The summed E-state index contributed by atoms with van der Waals surface area (Å²) in [6, 6.07) is 9.97. The van der Waals surface area contributed by atoms with Crippen LogP contribution < -0.4 is 0 Å². The zero-order valence-electron chi connectivity index (χ0n) is 16.3. The van der Waals surface area contributed by atoms with Crippen LogP contribution in [-0.2, 0) is 19.7 Å². The number of rotatable bonds is 4. The highest BCUT2D eigenvalue weighted by Gasteiger charge is 2.46. The number of morpholine rings is 1. The van der Waals surface area contributed by atoms with Crippen LogP contribution in [0.3, 0.4) is 0 Å². The van der Waals surface area contributed by atoms with Gasteiger partial charge in [0.2, 0.25) is 11.8 Å². The molecule has 1 aromatic carbocycles. The fourth-order valence-corrected chi connectivity index (χ4v) is 4.98. The van der Waals surface area contributed by atoms with E-state index in [1.54, 1.807) is 22.4 Å². The molecule has 0 spiro atoms. The maximum Gasteiger partial charge on any atom is 0.245 e. The Hall–Kier alpha value is -2.51. The van der Waals surface area contributed by atoms with Crippen LogP contribution >= 0.6 is 11.3 Å². The molecule has 152 valence electrons. The van der Waals surface area contributed by atoms with Crippen molar-refractivity contribution in [1.29, 1.82) is 0 Å². The van der Waals surface area contributed by atoms with Crippen molar-refractivity contribution in [2.24, 2.45) is 0 Å². The zero-order chi connectivity index (χ0) is 20.3. The minimum atomic E-state index is -0.621. The van der Waals surface area contributed by atoms with E-state index >= 15 is 0 Å². The second-order valence-corrected chi connectivity index (χ2v) is 8.38. The van der Waals surface area contributed by atoms with E-state index in [0.717, 1.165) is 10.6 Å². The normalized spacial score (nSPS) is 21.6. The third kappa shape index (κ3) is 3.84. The molecule has 2 aliphatic heterocycles. The lowest BCUT2D eigenvalue weighted by molar-refractivity contribution is -0.148. The number of carbonyl (C=O) groups excluding carboxylic acids is 2. The molecule has 1 atom stereocenters. The van der Waals surface area contributed by atoms with Gasteiger partial charge in [0.25, 0.3) is 0 Å². The summed E-state index contributed by atoms with van der Waals surface area (Å²) in [7, 11) is 0. The van der Waals surface area contributed by atoms with Gasteiger partial charge in [-0.25, -0.2) is 4.98 Å². The molecule has 29 heavy (non-hydrogen) atoms. The van der Waals surface area contributed by atoms with E-state index in [1.807, 2.05) is 40.6 Å². The quantitative estimate of drug-likeness (QED) is 0.726. The SMILES string of the molecule is C=CC(=O)N1CCC(C(=O)N2CCOC(c3nccs3)C2)(c2ccccc2)CC1. The summed E-state index contributed by atoms with van der Waals surface area (Å²) in [5.41, 5.74) is 0.400. The smallest absolute Gasteiger partial charge is 0.245 e. The molecule has 7 heteroatoms. The zero-order valence-corrected chi connectivity index (χ0v) is 17.1. The van der Waals surface area contributed by atoms with Crippen molar-refractivity contribution in [1.82, 2.24) is 14.8 Å². The number of hydrogen-bond donors (Lipinski definition) is 0. The van der Waals surface area contributed by atoms with Crippen molar-refractivity contribution in [2.45, 2.75) is 24.4 Å². The molecule has 0 N–H and O–H groups in total. The molecule has 2 amide bonds. The summed E-state index contributed by atoms with van der Waals surface area (Å²) in [4.78, 5) is 34.0. The van der Waals surface area contributed by atoms with Gasteiger partial charge in [-0.05, 0) is 24.5 Å². The first-order valence-electron chi connectivity index (χ1n) is 9.91. The molecule has 0 radical (unpaired) electrons. The predicted molar refractivity (Wildman–Crippen MR) is 112 cm³/mol. The molecule has 6 nitrogen and oxygen atoms in total. The number of carbonyl (C=O) groups is 2. The summed E-state index contributed by atoms with van der Waals surface area (Å²) >= 11 is 1.55. The first kappa shape index (κ1) is 19.8. The van der Waals surface area contributed by atoms with Crippen LogP contribution in [0, 0.1) is 0 Å². The Morgan fingerprint density at radius 1 is 1.17 bits per heavy atom. The Balaban J connectivity index is 1.59. The van der Waals surface area contributed by atoms with Crippen LogP contribution in [0.15, 0.2) is 54.6 Å². The maximum absolute atomic E-state index is 13.9. The van der Waals surface area contributed by atoms with E-state index in [4.69, 9.17) is 4.74 Å². The van der Waals surface area contributed by atoms with E-state index in [2.05, 4.69) is 11.6 Å². The van der Waals surface area contributed by atoms with Gasteiger partial charge in [-0.15, -0.1) is 11.3 Å². The molecule has 1 unspecified atom stereocenters. The Labute approximate surface area is 174 Å². The summed E-state index contributed by atoms with van der Waals surface area (Å²) in [6.45, 7) is 6.27. The molecule has 2 saturated heterocycles. The van der Waals surface area contributed by atoms with Gasteiger partial charge in [-0.1, -0.05) is 36.9 Å². The fraction of sp³-hybridized carbons (Fsp3) is 0.409. The molecule has 2 fully saturated rings. The van der Waals surface area contributed by atoms with Gasteiger partial charge < -0.3 is 14.5 Å². The molecule has 2 aromatic rings. The lowest BCUT2D eigenvalue weighted by Crippen LogP contribution is -2.56. The summed E-state index contributed by atoms with van der Waals surface area (Å²) in [5, 5.41) is 2.83. The second kappa shape index (κ2) is 8.47. The van der Waals surface area contributed by atoms with Crippen LogP contribution in [0.1, 0.15) is 29.5 Å². The van der Waals surface area contributed by atoms with E-state index in [1.165, 1.54) is 6.08 Å². The largest absolute Gasteiger partial charge is 0.367 e. The topological polar surface area (TPSA) is 62.7 Å². The summed E-state index contributed by atoms with van der Waals surface area (Å²) in [6.07, 6.45) is 4.14. The van der Waals surface area contributed by atoms with E-state index in [9.17, 15) is 9.59 Å². The van der Waals surface area contributed by atoms with Gasteiger partial charge >= 0.3 is 0 Å². The van der Waals surface area contributed by atoms with E-state index < -0.39 is 5.41 Å². The molecule has 3 heterocycles. The molecule has 2 aliphatic rings. The minimum Gasteiger partial charge on any atom is -0.367 e. The van der Waals surface area contributed by atoms with Gasteiger partial charge in [-0.2, -0.15) is 0 Å². The standard InChI is InChI=1S/C22H25N3O3S/c1-2-19(26)24-11-8-22(9-12-24,17-6-4-3-5-7-17)21(27)25-13-14-28-18(16-25)20-23-10-15-29-20/h2-7,10,15,18H,1,8-9,11-14,16H2. The Bertz CT molecular complexity index is 861. The highest BCUT2D eigenvalue weighted by atomic mass is 32.1. The number of amides is 2. The van der Waals surface area contributed by atoms with E-state index in [0.29, 0.717) is 45.6 Å². The number of aromatic nitrogens is 1. The van der Waals surface area contributed by atoms with Crippen molar-refractivity contribution in [2.75, 3.05) is 32.8 Å². The number of benzene rings is 1. The molecular formula is C22H25N3O3S. The number of likely N-dealkylation sites (tertiary alicyclic amines) is 1. The van der Waals surface area contributed by atoms with Crippen molar-refractivity contribution < 1.29 is 14.3 Å². The maximum atomic E-state index is 13.9. The minimum absolute atomic E-state index is 0.0747. The van der Waals surface area contributed by atoms with Crippen LogP contribution in [0.5, 0.6) is 0 Å². The van der Waals surface area contributed by atoms with E-state index in [-0.39, 0.29) is 17.9 Å². The first-order chi connectivity index (χ1) is 14.1. The van der Waals surface area contributed by atoms with Crippen LogP contribution in [0.25, 0.3) is 0 Å². The molecule has 4 rings (SSSR count). The Morgan fingerprint density at radius 3 is 2.59 bits per heavy atom. The van der Waals surface area contributed by atoms with Gasteiger partial charge in [0.1, 0.15) is 11.1 Å². The molecule has 1 aromatic heterocycles. The third-order valence-electron chi connectivity index (χ3n) is 5.92. The fourth-order valence-electron chi connectivity index (χ4n) is 4.30. The number of thiazole rings is 1. The highest BCUT2D eigenvalue weighted by molar-refractivity contribution is 7.09. The summed E-state index contributed by atoms with van der Waals surface area (Å²) in [5.74, 6) is 0.0496. The van der Waals surface area contributed by atoms with Gasteiger partial charge in [-0.3, -0.25) is 9.59 Å². The van der Waals surface area contributed by atoms with Gasteiger partial charge in [0.15, 0.2) is 0 Å². The van der Waals surface area contributed by atoms with Crippen molar-refractivity contribution >= 4 is 23.2 Å². The average Bonchev–Trinajstić information content (AvgIpc) is 3.34. The molecule has 0 aliphatic carbocycles. The molecular weight excluding hydrogens is 386 g/mol. The predicted octanol–water partition coefficient (Wildman–Crippen LogP) is 2.79. The number of piperidine rings is 1. The van der Waals surface area contributed by atoms with Crippen LogP contribution in [0.4, 0.5) is 0 Å². The second-order valence-electron chi connectivity index (χ2n) is 7.46. The lowest BCUT2D eigenvalue weighted by Gasteiger charge is -2.45. The highest BCUT2D eigenvalue weighted by Crippen LogP contribution is 2.38. The lowest BCUT2D eigenvalue weighted by atomic mass is 9.71. The molecule has 0 bridgehead atoms. The Morgan fingerprint density at radius 2 is 1.93 bits per heavy atom. The van der Waals surface area contributed by atoms with Crippen LogP contribution in [-0.4, -0.2) is 59.4 Å². The van der Waals surface area contributed by atoms with Crippen molar-refractivity contribution in [3.05, 3.63) is 65.1 Å². The van der Waals surface area contributed by atoms with Crippen molar-refractivity contribution in [3.63, 3.8) is 0 Å². The number of hydrogen-bond acceptors (Lipinski definition) is 5. The third-order valence-corrected chi connectivity index (χ3v) is 6.79. The Kier molecular flexibility index (Phi) is 5.78. The number of nitrogens with zero attached hydrogens (tertiary/aromatic N) is 3. The molecule has 0 saturated carbocycles. The van der Waals surface area contributed by atoms with Crippen molar-refractivity contribution in [3.8, 4) is 0 Å².